The number of likely N-dealkylation sites (tertiary alicyclic amines) is 1. The van der Waals surface area contributed by atoms with Crippen LogP contribution < -0.4 is 11.1 Å². The molecule has 5 heteroatoms. The van der Waals surface area contributed by atoms with Gasteiger partial charge in [0.15, 0.2) is 0 Å². The first-order valence-electron chi connectivity index (χ1n) is 4.56. The lowest BCUT2D eigenvalue weighted by molar-refractivity contribution is -0.127. The van der Waals surface area contributed by atoms with E-state index in [1.54, 1.807) is 0 Å². The smallest absolute Gasteiger partial charge is 0.223 e. The number of nitrogens with two attached hydrogens (primary N) is 1. The first kappa shape index (κ1) is 10.9. The summed E-state index contributed by atoms with van der Waals surface area (Å²) in [7, 11) is 0. The van der Waals surface area contributed by atoms with E-state index in [9.17, 15) is 4.79 Å². The predicted octanol–water partition coefficient (Wildman–Crippen LogP) is -0.469. The van der Waals surface area contributed by atoms with Gasteiger partial charge in [0.1, 0.15) is 0 Å². The van der Waals surface area contributed by atoms with Gasteiger partial charge in [-0.2, -0.15) is 0 Å². The number of rotatable bonds is 5. The van der Waals surface area contributed by atoms with Crippen LogP contribution in [0.2, 0.25) is 0 Å². The molecule has 1 saturated heterocycles. The lowest BCUT2D eigenvalue weighted by atomic mass is 10.4. The fraction of sp³-hybridized carbons (Fsp3) is 0.875. The van der Waals surface area contributed by atoms with Crippen molar-refractivity contribution in [1.29, 1.82) is 0 Å². The fourth-order valence-corrected chi connectivity index (χ4v) is 2.01. The number of hydrogen-bond acceptors (Lipinski definition) is 3. The molecule has 13 heavy (non-hydrogen) atoms. The van der Waals surface area contributed by atoms with Crippen LogP contribution in [0, 0.1) is 0 Å². The quantitative estimate of drug-likeness (QED) is 0.512. The van der Waals surface area contributed by atoms with Gasteiger partial charge in [0.2, 0.25) is 5.91 Å². The first-order valence-corrected chi connectivity index (χ1v) is 5.48. The first-order chi connectivity index (χ1) is 6.24. The lowest BCUT2D eigenvalue weighted by Crippen LogP contribution is -2.35. The Hall–Kier alpha value is -0.130. The number of carbonyl (C=O) groups excluding carboxylic acids is 1. The SMILES string of the molecule is NCCNCCN1CC(Br)CC1=O. The Balaban J connectivity index is 2.11. The second kappa shape index (κ2) is 5.57. The van der Waals surface area contributed by atoms with Gasteiger partial charge in [-0.25, -0.2) is 0 Å². The van der Waals surface area contributed by atoms with Gasteiger partial charge in [-0.3, -0.25) is 4.79 Å². The maximum absolute atomic E-state index is 11.3. The Morgan fingerprint density at radius 2 is 2.38 bits per heavy atom. The van der Waals surface area contributed by atoms with Crippen molar-refractivity contribution in [2.75, 3.05) is 32.7 Å². The molecule has 0 aromatic rings. The molecule has 0 aliphatic carbocycles. The minimum Gasteiger partial charge on any atom is -0.340 e. The zero-order valence-corrected chi connectivity index (χ0v) is 9.22. The average molecular weight is 250 g/mol. The summed E-state index contributed by atoms with van der Waals surface area (Å²) in [5.41, 5.74) is 5.32. The normalized spacial score (nSPS) is 22.8. The van der Waals surface area contributed by atoms with Crippen LogP contribution in [0.5, 0.6) is 0 Å². The summed E-state index contributed by atoms with van der Waals surface area (Å²) in [6.07, 6.45) is 0.636. The van der Waals surface area contributed by atoms with Gasteiger partial charge in [-0.1, -0.05) is 15.9 Å². The summed E-state index contributed by atoms with van der Waals surface area (Å²) in [5, 5.41) is 3.16. The minimum absolute atomic E-state index is 0.247. The number of carbonyl (C=O) groups is 1. The third kappa shape index (κ3) is 3.62. The van der Waals surface area contributed by atoms with Crippen molar-refractivity contribution in [3.63, 3.8) is 0 Å². The van der Waals surface area contributed by atoms with E-state index in [1.807, 2.05) is 4.90 Å². The van der Waals surface area contributed by atoms with Crippen molar-refractivity contribution in [3.05, 3.63) is 0 Å². The Morgan fingerprint density at radius 3 is 2.92 bits per heavy atom. The van der Waals surface area contributed by atoms with Crippen LogP contribution in [0.25, 0.3) is 0 Å². The highest BCUT2D eigenvalue weighted by atomic mass is 79.9. The van der Waals surface area contributed by atoms with Crippen LogP contribution in [-0.2, 0) is 4.79 Å². The fourth-order valence-electron chi connectivity index (χ4n) is 1.38. The molecular weight excluding hydrogens is 234 g/mol. The van der Waals surface area contributed by atoms with Crippen molar-refractivity contribution in [1.82, 2.24) is 10.2 Å². The summed E-state index contributed by atoms with van der Waals surface area (Å²) in [4.78, 5) is 13.5. The van der Waals surface area contributed by atoms with Crippen LogP contribution in [0.4, 0.5) is 0 Å². The van der Waals surface area contributed by atoms with Gasteiger partial charge in [-0.05, 0) is 0 Å². The van der Waals surface area contributed by atoms with Gasteiger partial charge >= 0.3 is 0 Å². The summed E-state index contributed by atoms with van der Waals surface area (Å²) in [6.45, 7) is 3.93. The average Bonchev–Trinajstić information content (AvgIpc) is 2.39. The highest BCUT2D eigenvalue weighted by molar-refractivity contribution is 9.09. The molecule has 1 atom stereocenters. The molecule has 0 aromatic carbocycles. The Bertz CT molecular complexity index is 177. The van der Waals surface area contributed by atoms with Crippen LogP contribution >= 0.6 is 15.9 Å². The molecule has 1 aliphatic heterocycles. The molecular formula is C8H16BrN3O. The van der Waals surface area contributed by atoms with E-state index >= 15 is 0 Å². The maximum atomic E-state index is 11.3. The zero-order valence-electron chi connectivity index (χ0n) is 7.63. The molecule has 4 nitrogen and oxygen atoms in total. The molecule has 76 valence electrons. The van der Waals surface area contributed by atoms with Gasteiger partial charge in [-0.15, -0.1) is 0 Å². The zero-order chi connectivity index (χ0) is 9.68. The second-order valence-corrected chi connectivity index (χ2v) is 4.47. The van der Waals surface area contributed by atoms with Crippen molar-refractivity contribution in [2.24, 2.45) is 5.73 Å². The Labute approximate surface area is 87.0 Å². The molecule has 1 rings (SSSR count). The number of nitrogens with one attached hydrogen (secondary N) is 1. The van der Waals surface area contributed by atoms with Crippen LogP contribution in [0.1, 0.15) is 6.42 Å². The van der Waals surface area contributed by atoms with E-state index in [-0.39, 0.29) is 5.91 Å². The Morgan fingerprint density at radius 1 is 1.62 bits per heavy atom. The lowest BCUT2D eigenvalue weighted by Gasteiger charge is -2.15. The molecule has 1 heterocycles. The van der Waals surface area contributed by atoms with Crippen molar-refractivity contribution in [2.45, 2.75) is 11.2 Å². The molecule has 1 fully saturated rings. The standard InChI is InChI=1S/C8H16BrN3O/c9-7-5-8(13)12(6-7)4-3-11-2-1-10/h7,11H,1-6,10H2. The van der Waals surface area contributed by atoms with Crippen LogP contribution in [-0.4, -0.2) is 48.4 Å². The second-order valence-electron chi connectivity index (χ2n) is 3.18. The molecule has 0 spiro atoms. The van der Waals surface area contributed by atoms with Crippen LogP contribution in [0.3, 0.4) is 0 Å². The van der Waals surface area contributed by atoms with E-state index < -0.39 is 0 Å². The number of hydrogen-bond donors (Lipinski definition) is 2. The van der Waals surface area contributed by atoms with E-state index in [1.165, 1.54) is 0 Å². The molecule has 3 N–H and O–H groups in total. The van der Waals surface area contributed by atoms with E-state index in [2.05, 4.69) is 21.2 Å². The van der Waals surface area contributed by atoms with Crippen molar-refractivity contribution >= 4 is 21.8 Å². The highest BCUT2D eigenvalue weighted by Crippen LogP contribution is 2.16. The van der Waals surface area contributed by atoms with E-state index in [0.717, 1.165) is 26.2 Å². The summed E-state index contributed by atoms with van der Waals surface area (Å²) >= 11 is 3.44. The van der Waals surface area contributed by atoms with Gasteiger partial charge in [0.05, 0.1) is 0 Å². The largest absolute Gasteiger partial charge is 0.340 e. The van der Waals surface area contributed by atoms with Gasteiger partial charge < -0.3 is 16.0 Å². The van der Waals surface area contributed by atoms with E-state index in [0.29, 0.717) is 17.8 Å². The van der Waals surface area contributed by atoms with Crippen molar-refractivity contribution < 1.29 is 4.79 Å². The molecule has 0 saturated carbocycles. The predicted molar refractivity (Wildman–Crippen MR) is 55.8 cm³/mol. The number of alkyl halides is 1. The maximum Gasteiger partial charge on any atom is 0.223 e. The topological polar surface area (TPSA) is 58.4 Å². The number of nitrogens with zero attached hydrogens (tertiary/aromatic N) is 1. The number of halogens is 1. The monoisotopic (exact) mass is 249 g/mol. The summed E-state index contributed by atoms with van der Waals surface area (Å²) < 4.78 is 0. The molecule has 0 bridgehead atoms. The van der Waals surface area contributed by atoms with E-state index in [4.69, 9.17) is 5.73 Å². The molecule has 0 aromatic heterocycles. The summed E-state index contributed by atoms with van der Waals surface area (Å²) in [5.74, 6) is 0.247. The van der Waals surface area contributed by atoms with Crippen molar-refractivity contribution in [3.8, 4) is 0 Å². The molecule has 1 amide bonds. The molecule has 0 radical (unpaired) electrons. The molecule has 1 unspecified atom stereocenters. The third-order valence-corrected chi connectivity index (χ3v) is 2.66. The third-order valence-electron chi connectivity index (χ3n) is 2.05. The minimum atomic E-state index is 0.247. The Kier molecular flexibility index (Phi) is 4.69. The van der Waals surface area contributed by atoms with Crippen LogP contribution in [0.15, 0.2) is 0 Å². The molecule has 1 aliphatic rings. The highest BCUT2D eigenvalue weighted by Gasteiger charge is 2.26. The van der Waals surface area contributed by atoms with Gasteiger partial charge in [0.25, 0.3) is 0 Å². The van der Waals surface area contributed by atoms with Gasteiger partial charge in [0, 0.05) is 44.0 Å². The summed E-state index contributed by atoms with van der Waals surface area (Å²) in [6, 6.07) is 0. The number of amides is 1.